The van der Waals surface area contributed by atoms with Crippen LogP contribution < -0.4 is 5.32 Å². The predicted octanol–water partition coefficient (Wildman–Crippen LogP) is 1.84. The van der Waals surface area contributed by atoms with E-state index in [4.69, 9.17) is 9.84 Å². The number of nitrogens with zero attached hydrogens (tertiary/aromatic N) is 2. The number of anilines is 1. The molecular formula is C16H18FN3O3. The molecule has 1 unspecified atom stereocenters. The second-order valence-corrected chi connectivity index (χ2v) is 5.31. The third kappa shape index (κ3) is 3.52. The Bertz CT molecular complexity index is 675. The summed E-state index contributed by atoms with van der Waals surface area (Å²) < 4.78 is 20.9. The first-order valence-corrected chi connectivity index (χ1v) is 7.38. The summed E-state index contributed by atoms with van der Waals surface area (Å²) in [5.74, 6) is -0.370. The summed E-state index contributed by atoms with van der Waals surface area (Å²) in [6.07, 6.45) is 3.11. The average Bonchev–Trinajstić information content (AvgIpc) is 3.11. The molecule has 7 heteroatoms. The van der Waals surface area contributed by atoms with Crippen molar-refractivity contribution in [2.24, 2.45) is 0 Å². The summed E-state index contributed by atoms with van der Waals surface area (Å²) in [7, 11) is 0. The minimum absolute atomic E-state index is 0.127. The Morgan fingerprint density at radius 2 is 2.17 bits per heavy atom. The van der Waals surface area contributed by atoms with Crippen LogP contribution in [0.4, 0.5) is 14.9 Å². The van der Waals surface area contributed by atoms with Gasteiger partial charge in [0.15, 0.2) is 0 Å². The molecule has 6 nitrogen and oxygen atoms in total. The molecule has 0 radical (unpaired) electrons. The number of carbonyl (C=O) groups is 1. The van der Waals surface area contributed by atoms with Crippen molar-refractivity contribution in [2.45, 2.75) is 6.10 Å². The number of nitrogens with one attached hydrogen (secondary N) is 1. The van der Waals surface area contributed by atoms with Crippen LogP contribution in [0, 0.1) is 5.82 Å². The van der Waals surface area contributed by atoms with Crippen molar-refractivity contribution in [3.8, 4) is 5.69 Å². The molecule has 1 aromatic carbocycles. The van der Waals surface area contributed by atoms with Crippen molar-refractivity contribution < 1.29 is 19.0 Å². The summed E-state index contributed by atoms with van der Waals surface area (Å²) >= 11 is 0. The Labute approximate surface area is 133 Å². The molecule has 2 N–H and O–H groups in total. The fourth-order valence-corrected chi connectivity index (χ4v) is 2.50. The maximum absolute atomic E-state index is 13.9. The van der Waals surface area contributed by atoms with Crippen LogP contribution in [0.1, 0.15) is 0 Å². The van der Waals surface area contributed by atoms with Gasteiger partial charge in [-0.05, 0) is 30.3 Å². The van der Waals surface area contributed by atoms with Gasteiger partial charge >= 0.3 is 6.03 Å². The van der Waals surface area contributed by atoms with Crippen LogP contribution in [0.25, 0.3) is 5.69 Å². The lowest BCUT2D eigenvalue weighted by Gasteiger charge is -2.32. The molecule has 0 aliphatic carbocycles. The normalized spacial score (nSPS) is 18.0. The quantitative estimate of drug-likeness (QED) is 0.907. The summed E-state index contributed by atoms with van der Waals surface area (Å²) in [5.41, 5.74) is 0.871. The van der Waals surface area contributed by atoms with Gasteiger partial charge in [0, 0.05) is 24.6 Å². The molecule has 0 bridgehead atoms. The summed E-state index contributed by atoms with van der Waals surface area (Å²) in [5, 5.41) is 11.9. The fraction of sp³-hybridized carbons (Fsp3) is 0.312. The van der Waals surface area contributed by atoms with E-state index < -0.39 is 0 Å². The van der Waals surface area contributed by atoms with Crippen molar-refractivity contribution in [2.75, 3.05) is 31.6 Å². The van der Waals surface area contributed by atoms with E-state index in [1.807, 2.05) is 0 Å². The molecule has 2 amide bonds. The first-order valence-electron chi connectivity index (χ1n) is 7.38. The van der Waals surface area contributed by atoms with Crippen LogP contribution in [0.3, 0.4) is 0 Å². The maximum atomic E-state index is 13.9. The number of aliphatic hydroxyl groups excluding tert-OH is 1. The van der Waals surface area contributed by atoms with Gasteiger partial charge in [0.2, 0.25) is 0 Å². The van der Waals surface area contributed by atoms with Gasteiger partial charge in [0.25, 0.3) is 0 Å². The zero-order chi connectivity index (χ0) is 16.2. The zero-order valence-corrected chi connectivity index (χ0v) is 12.5. The molecule has 1 aromatic heterocycles. The predicted molar refractivity (Wildman–Crippen MR) is 83.1 cm³/mol. The van der Waals surface area contributed by atoms with Crippen LogP contribution >= 0.6 is 0 Å². The van der Waals surface area contributed by atoms with Crippen molar-refractivity contribution in [3.63, 3.8) is 0 Å². The van der Waals surface area contributed by atoms with E-state index in [1.54, 1.807) is 40.1 Å². The molecule has 1 fully saturated rings. The highest BCUT2D eigenvalue weighted by atomic mass is 19.1. The monoisotopic (exact) mass is 319 g/mol. The largest absolute Gasteiger partial charge is 0.394 e. The highest BCUT2D eigenvalue weighted by Crippen LogP contribution is 2.19. The highest BCUT2D eigenvalue weighted by molar-refractivity contribution is 5.89. The fourth-order valence-electron chi connectivity index (χ4n) is 2.50. The first kappa shape index (κ1) is 15.5. The number of halogens is 1. The topological polar surface area (TPSA) is 66.7 Å². The molecule has 2 aromatic rings. The van der Waals surface area contributed by atoms with E-state index in [0.29, 0.717) is 31.1 Å². The van der Waals surface area contributed by atoms with E-state index in [1.165, 1.54) is 12.1 Å². The molecule has 0 spiro atoms. The average molecular weight is 319 g/mol. The van der Waals surface area contributed by atoms with Crippen LogP contribution in [-0.4, -0.2) is 53.0 Å². The van der Waals surface area contributed by atoms with Gasteiger partial charge in [-0.3, -0.25) is 0 Å². The number of hydrogen-bond acceptors (Lipinski definition) is 3. The molecule has 122 valence electrons. The number of aromatic nitrogens is 1. The SMILES string of the molecule is O=C(Nc1ccc(F)c(-n2cccc2)c1)N1CCOC(CO)C1. The molecule has 1 aliphatic rings. The van der Waals surface area contributed by atoms with Crippen molar-refractivity contribution in [3.05, 3.63) is 48.5 Å². The van der Waals surface area contributed by atoms with E-state index in [-0.39, 0.29) is 24.6 Å². The first-order chi connectivity index (χ1) is 11.2. The lowest BCUT2D eigenvalue weighted by Crippen LogP contribution is -2.48. The number of hydrogen-bond donors (Lipinski definition) is 2. The summed E-state index contributed by atoms with van der Waals surface area (Å²) in [6, 6.07) is 7.72. The van der Waals surface area contributed by atoms with Gasteiger partial charge in [-0.1, -0.05) is 0 Å². The number of ether oxygens (including phenoxy) is 1. The second kappa shape index (κ2) is 6.80. The highest BCUT2D eigenvalue weighted by Gasteiger charge is 2.23. The Hall–Kier alpha value is -2.38. The number of amides is 2. The van der Waals surface area contributed by atoms with Crippen molar-refractivity contribution in [1.29, 1.82) is 0 Å². The van der Waals surface area contributed by atoms with Gasteiger partial charge in [0.05, 0.1) is 31.5 Å². The number of rotatable bonds is 3. The smallest absolute Gasteiger partial charge is 0.322 e. The van der Waals surface area contributed by atoms with Gasteiger partial charge < -0.3 is 24.6 Å². The number of benzene rings is 1. The van der Waals surface area contributed by atoms with E-state index in [0.717, 1.165) is 0 Å². The molecular weight excluding hydrogens is 301 g/mol. The van der Waals surface area contributed by atoms with E-state index >= 15 is 0 Å². The van der Waals surface area contributed by atoms with Gasteiger partial charge in [-0.2, -0.15) is 0 Å². The van der Waals surface area contributed by atoms with E-state index in [9.17, 15) is 9.18 Å². The lowest BCUT2D eigenvalue weighted by molar-refractivity contribution is -0.0388. The molecule has 1 atom stereocenters. The third-order valence-corrected chi connectivity index (χ3v) is 3.71. The number of morpholine rings is 1. The molecule has 0 saturated carbocycles. The van der Waals surface area contributed by atoms with Gasteiger partial charge in [-0.15, -0.1) is 0 Å². The Morgan fingerprint density at radius 3 is 2.91 bits per heavy atom. The molecule has 2 heterocycles. The lowest BCUT2D eigenvalue weighted by atomic mass is 10.2. The summed E-state index contributed by atoms with van der Waals surface area (Å²) in [4.78, 5) is 13.9. The van der Waals surface area contributed by atoms with Gasteiger partial charge in [-0.25, -0.2) is 9.18 Å². The van der Waals surface area contributed by atoms with Crippen LogP contribution in [0.5, 0.6) is 0 Å². The Balaban J connectivity index is 1.73. The second-order valence-electron chi connectivity index (χ2n) is 5.31. The molecule has 23 heavy (non-hydrogen) atoms. The standard InChI is InChI=1S/C16H18FN3O3/c17-14-4-3-12(9-15(14)19-5-1-2-6-19)18-16(22)20-7-8-23-13(10-20)11-21/h1-6,9,13,21H,7-8,10-11H2,(H,18,22). The van der Waals surface area contributed by atoms with Crippen LogP contribution in [0.2, 0.25) is 0 Å². The molecule has 1 aliphatic heterocycles. The number of carbonyl (C=O) groups excluding carboxylic acids is 1. The Morgan fingerprint density at radius 1 is 1.39 bits per heavy atom. The number of aliphatic hydroxyl groups is 1. The minimum Gasteiger partial charge on any atom is -0.394 e. The molecule has 3 rings (SSSR count). The van der Waals surface area contributed by atoms with Crippen LogP contribution in [-0.2, 0) is 4.74 Å². The zero-order valence-electron chi connectivity index (χ0n) is 12.5. The maximum Gasteiger partial charge on any atom is 0.322 e. The Kier molecular flexibility index (Phi) is 4.59. The number of urea groups is 1. The molecule has 1 saturated heterocycles. The van der Waals surface area contributed by atoms with E-state index in [2.05, 4.69) is 5.32 Å². The third-order valence-electron chi connectivity index (χ3n) is 3.71. The van der Waals surface area contributed by atoms with Crippen molar-refractivity contribution >= 4 is 11.7 Å². The van der Waals surface area contributed by atoms with Crippen LogP contribution in [0.15, 0.2) is 42.7 Å². The van der Waals surface area contributed by atoms with Crippen molar-refractivity contribution in [1.82, 2.24) is 9.47 Å². The minimum atomic E-state index is -0.370. The summed E-state index contributed by atoms with van der Waals surface area (Å²) in [6.45, 7) is 1.04. The van der Waals surface area contributed by atoms with Gasteiger partial charge in [0.1, 0.15) is 5.82 Å².